The van der Waals surface area contributed by atoms with E-state index in [1.165, 1.54) is 23.0 Å². The number of urea groups is 1. The van der Waals surface area contributed by atoms with Crippen LogP contribution < -0.4 is 10.6 Å². The van der Waals surface area contributed by atoms with Crippen molar-refractivity contribution in [2.24, 2.45) is 0 Å². The third-order valence-electron chi connectivity index (χ3n) is 3.93. The number of amides is 2. The van der Waals surface area contributed by atoms with Crippen LogP contribution in [0.15, 0.2) is 54.9 Å². The quantitative estimate of drug-likeness (QED) is 0.577. The summed E-state index contributed by atoms with van der Waals surface area (Å²) in [7, 11) is 0. The first-order chi connectivity index (χ1) is 14.0. The summed E-state index contributed by atoms with van der Waals surface area (Å²) in [5.74, 6) is -0.850. The third kappa shape index (κ3) is 5.32. The minimum absolute atomic E-state index is 0.129. The standard InChI is InChI=1S/C20H18ClFN4O3/c1-2-29-19(27)13-6-8-14(9-7-13)24-20(28)25-15-10-23-26(11-15)12-16-17(21)4-3-5-18(16)22/h3-11H,2,12H2,1H3,(H2,24,25,28). The van der Waals surface area contributed by atoms with E-state index in [0.29, 0.717) is 27.5 Å². The van der Waals surface area contributed by atoms with E-state index < -0.39 is 17.8 Å². The second-order valence-electron chi connectivity index (χ2n) is 6.00. The van der Waals surface area contributed by atoms with Crippen LogP contribution in [0.25, 0.3) is 0 Å². The number of hydrogen-bond donors (Lipinski definition) is 2. The van der Waals surface area contributed by atoms with E-state index in [1.807, 2.05) is 0 Å². The van der Waals surface area contributed by atoms with E-state index in [4.69, 9.17) is 16.3 Å². The highest BCUT2D eigenvalue weighted by molar-refractivity contribution is 6.31. The van der Waals surface area contributed by atoms with Gasteiger partial charge in [-0.05, 0) is 43.3 Å². The molecule has 2 aromatic carbocycles. The normalized spacial score (nSPS) is 10.4. The largest absolute Gasteiger partial charge is 0.462 e. The first-order valence-electron chi connectivity index (χ1n) is 8.77. The van der Waals surface area contributed by atoms with Crippen molar-refractivity contribution in [1.29, 1.82) is 0 Å². The lowest BCUT2D eigenvalue weighted by atomic mass is 10.2. The summed E-state index contributed by atoms with van der Waals surface area (Å²) in [6.45, 7) is 2.15. The summed E-state index contributed by atoms with van der Waals surface area (Å²) in [4.78, 5) is 23.8. The molecule has 0 radical (unpaired) electrons. The summed E-state index contributed by atoms with van der Waals surface area (Å²) >= 11 is 6.02. The Bertz CT molecular complexity index is 1000. The summed E-state index contributed by atoms with van der Waals surface area (Å²) in [5.41, 5.74) is 1.64. The molecule has 9 heteroatoms. The number of anilines is 2. The van der Waals surface area contributed by atoms with E-state index in [-0.39, 0.29) is 13.2 Å². The van der Waals surface area contributed by atoms with Crippen molar-refractivity contribution in [2.75, 3.05) is 17.2 Å². The van der Waals surface area contributed by atoms with Gasteiger partial charge in [0.1, 0.15) is 5.82 Å². The number of carbonyl (C=O) groups excluding carboxylic acids is 2. The van der Waals surface area contributed by atoms with Crippen LogP contribution >= 0.6 is 11.6 Å². The second-order valence-corrected chi connectivity index (χ2v) is 6.41. The SMILES string of the molecule is CCOC(=O)c1ccc(NC(=O)Nc2cnn(Cc3c(F)cccc3Cl)c2)cc1. The van der Waals surface area contributed by atoms with Crippen LogP contribution in [-0.2, 0) is 11.3 Å². The lowest BCUT2D eigenvalue weighted by Gasteiger charge is -2.07. The molecule has 0 aliphatic carbocycles. The van der Waals surface area contributed by atoms with E-state index >= 15 is 0 Å². The van der Waals surface area contributed by atoms with Gasteiger partial charge in [-0.3, -0.25) is 4.68 Å². The Balaban J connectivity index is 1.58. The predicted molar refractivity (Wildman–Crippen MR) is 108 cm³/mol. The van der Waals surface area contributed by atoms with E-state index in [0.717, 1.165) is 0 Å². The van der Waals surface area contributed by atoms with Crippen LogP contribution in [0.4, 0.5) is 20.6 Å². The number of esters is 1. The van der Waals surface area contributed by atoms with Gasteiger partial charge in [-0.25, -0.2) is 14.0 Å². The Labute approximate surface area is 171 Å². The molecule has 1 aromatic heterocycles. The van der Waals surface area contributed by atoms with Gasteiger partial charge in [-0.1, -0.05) is 17.7 Å². The highest BCUT2D eigenvalue weighted by Crippen LogP contribution is 2.20. The van der Waals surface area contributed by atoms with Crippen LogP contribution in [0, 0.1) is 5.82 Å². The molecular weight excluding hydrogens is 399 g/mol. The maximum absolute atomic E-state index is 13.9. The molecule has 3 rings (SSSR count). The first-order valence-corrected chi connectivity index (χ1v) is 9.14. The van der Waals surface area contributed by atoms with Crippen molar-refractivity contribution in [2.45, 2.75) is 13.5 Å². The molecule has 0 unspecified atom stereocenters. The summed E-state index contributed by atoms with van der Waals surface area (Å²) in [5, 5.41) is 9.68. The van der Waals surface area contributed by atoms with Crippen molar-refractivity contribution in [3.8, 4) is 0 Å². The lowest BCUT2D eigenvalue weighted by molar-refractivity contribution is 0.0526. The van der Waals surface area contributed by atoms with E-state index in [2.05, 4.69) is 15.7 Å². The average molecular weight is 417 g/mol. The number of nitrogens with zero attached hydrogens (tertiary/aromatic N) is 2. The molecule has 7 nitrogen and oxygen atoms in total. The minimum atomic E-state index is -0.489. The van der Waals surface area contributed by atoms with Crippen LogP contribution in [0.2, 0.25) is 5.02 Å². The van der Waals surface area contributed by atoms with Crippen LogP contribution in [0.3, 0.4) is 0 Å². The van der Waals surface area contributed by atoms with Gasteiger partial charge in [0.15, 0.2) is 0 Å². The summed E-state index contributed by atoms with van der Waals surface area (Å²) in [6, 6.07) is 10.3. The van der Waals surface area contributed by atoms with Crippen LogP contribution in [0.5, 0.6) is 0 Å². The number of benzene rings is 2. The number of rotatable bonds is 6. The molecule has 3 aromatic rings. The highest BCUT2D eigenvalue weighted by Gasteiger charge is 2.11. The Kier molecular flexibility index (Phi) is 6.46. The zero-order valence-corrected chi connectivity index (χ0v) is 16.2. The van der Waals surface area contributed by atoms with E-state index in [9.17, 15) is 14.0 Å². The predicted octanol–water partition coefficient (Wildman–Crippen LogP) is 4.54. The van der Waals surface area contributed by atoms with Crippen LogP contribution in [-0.4, -0.2) is 28.4 Å². The smallest absolute Gasteiger partial charge is 0.338 e. The molecule has 150 valence electrons. The number of aromatic nitrogens is 2. The van der Waals surface area contributed by atoms with Crippen LogP contribution in [0.1, 0.15) is 22.8 Å². The first kappa shape index (κ1) is 20.3. The van der Waals surface area contributed by atoms with Gasteiger partial charge in [-0.2, -0.15) is 5.10 Å². The fourth-order valence-corrected chi connectivity index (χ4v) is 2.78. The van der Waals surface area contributed by atoms with Gasteiger partial charge >= 0.3 is 12.0 Å². The Morgan fingerprint density at radius 1 is 1.14 bits per heavy atom. The molecule has 1 heterocycles. The van der Waals surface area contributed by atoms with Gasteiger partial charge in [0, 0.05) is 22.5 Å². The molecule has 0 saturated heterocycles. The molecule has 2 amide bonds. The molecule has 0 fully saturated rings. The topological polar surface area (TPSA) is 85.2 Å². The van der Waals surface area contributed by atoms with Gasteiger partial charge in [0.2, 0.25) is 0 Å². The average Bonchev–Trinajstić information content (AvgIpc) is 3.12. The minimum Gasteiger partial charge on any atom is -0.462 e. The monoisotopic (exact) mass is 416 g/mol. The number of halogens is 2. The number of nitrogens with one attached hydrogen (secondary N) is 2. The Morgan fingerprint density at radius 3 is 2.55 bits per heavy atom. The zero-order valence-electron chi connectivity index (χ0n) is 15.5. The summed E-state index contributed by atoms with van der Waals surface area (Å²) in [6.07, 6.45) is 3.00. The summed E-state index contributed by atoms with van der Waals surface area (Å²) < 4.78 is 20.3. The van der Waals surface area contributed by atoms with Crippen molar-refractivity contribution in [1.82, 2.24) is 9.78 Å². The Hall–Kier alpha value is -3.39. The molecule has 0 spiro atoms. The number of carbonyl (C=O) groups is 2. The van der Waals surface area contributed by atoms with Gasteiger partial charge in [0.25, 0.3) is 0 Å². The van der Waals surface area contributed by atoms with Crippen molar-refractivity contribution >= 4 is 35.0 Å². The maximum Gasteiger partial charge on any atom is 0.338 e. The van der Waals surface area contributed by atoms with Crippen molar-refractivity contribution in [3.63, 3.8) is 0 Å². The second kappa shape index (κ2) is 9.20. The zero-order chi connectivity index (χ0) is 20.8. The Morgan fingerprint density at radius 2 is 1.86 bits per heavy atom. The molecule has 0 saturated carbocycles. The lowest BCUT2D eigenvalue weighted by Crippen LogP contribution is -2.19. The highest BCUT2D eigenvalue weighted by atomic mass is 35.5. The molecule has 0 aliphatic heterocycles. The third-order valence-corrected chi connectivity index (χ3v) is 4.28. The number of ether oxygens (including phenoxy) is 1. The van der Waals surface area contributed by atoms with Gasteiger partial charge in [0.05, 0.1) is 30.6 Å². The molecule has 0 atom stereocenters. The van der Waals surface area contributed by atoms with E-state index in [1.54, 1.807) is 43.5 Å². The number of hydrogen-bond acceptors (Lipinski definition) is 4. The van der Waals surface area contributed by atoms with Crippen molar-refractivity contribution < 1.29 is 18.7 Å². The molecule has 0 bridgehead atoms. The molecule has 29 heavy (non-hydrogen) atoms. The van der Waals surface area contributed by atoms with Crippen molar-refractivity contribution in [3.05, 3.63) is 76.8 Å². The molecule has 2 N–H and O–H groups in total. The maximum atomic E-state index is 13.9. The fraction of sp³-hybridized carbons (Fsp3) is 0.150. The van der Waals surface area contributed by atoms with Gasteiger partial charge in [-0.15, -0.1) is 0 Å². The van der Waals surface area contributed by atoms with Gasteiger partial charge < -0.3 is 15.4 Å². The molecular formula is C20H18ClFN4O3. The molecule has 0 aliphatic rings. The fourth-order valence-electron chi connectivity index (χ4n) is 2.56.